The molecule has 7 aliphatic heterocycles. The lowest BCUT2D eigenvalue weighted by molar-refractivity contribution is 0.592. The van der Waals surface area contributed by atoms with Crippen LogP contribution >= 0.6 is 0 Å². The van der Waals surface area contributed by atoms with Gasteiger partial charge < -0.3 is 8.83 Å². The van der Waals surface area contributed by atoms with Gasteiger partial charge in [-0.05, 0) is 96.9 Å². The van der Waals surface area contributed by atoms with Crippen LogP contribution in [0.15, 0.2) is 118 Å². The first-order valence-corrected chi connectivity index (χ1v) is 18.0. The van der Waals surface area contributed by atoms with E-state index < -0.39 is 0 Å². The van der Waals surface area contributed by atoms with E-state index in [1.807, 2.05) is 0 Å². The smallest absolute Gasteiger partial charge is 0.137 e. The highest BCUT2D eigenvalue weighted by atomic mass is 16.3. The van der Waals surface area contributed by atoms with Gasteiger partial charge in [0.25, 0.3) is 0 Å². The van der Waals surface area contributed by atoms with E-state index in [1.165, 1.54) is 35.1 Å². The topological polar surface area (TPSA) is 26.3 Å². The molecule has 7 aliphatic rings. The van der Waals surface area contributed by atoms with Crippen LogP contribution in [0.3, 0.4) is 0 Å². The minimum absolute atomic E-state index is 0.937. The summed E-state index contributed by atoms with van der Waals surface area (Å²) in [6.07, 6.45) is 15.5. The minimum atomic E-state index is 0.937. The van der Waals surface area contributed by atoms with E-state index in [-0.39, 0.29) is 0 Å². The van der Waals surface area contributed by atoms with Crippen LogP contribution < -0.4 is 0 Å². The van der Waals surface area contributed by atoms with Crippen molar-refractivity contribution in [1.82, 2.24) is 0 Å². The molecule has 0 spiro atoms. The summed E-state index contributed by atoms with van der Waals surface area (Å²) in [5.41, 5.74) is 12.2. The SMILES string of the molecule is CCCCc1cc2oc1-c1ccc(cc1)CCCCc1ccc(cc1)-c1oc(cc1CCCC)-c1ccc(cc1)/C=C\c1ccc-2cc1. The van der Waals surface area contributed by atoms with Gasteiger partial charge in [-0.25, -0.2) is 0 Å². The molecule has 13 rings (SSSR count). The summed E-state index contributed by atoms with van der Waals surface area (Å²) in [6.45, 7) is 4.50. The monoisotopic (exact) mass is 630 g/mol. The number of hydrogen-bond acceptors (Lipinski definition) is 2. The lowest BCUT2D eigenvalue weighted by Gasteiger charge is -2.07. The number of unbranched alkanes of at least 4 members (excludes halogenated alkanes) is 2. The molecule has 0 saturated carbocycles. The van der Waals surface area contributed by atoms with Crippen molar-refractivity contribution < 1.29 is 8.83 Å². The fourth-order valence-corrected chi connectivity index (χ4v) is 6.75. The molecule has 12 bridgehead atoms. The predicted octanol–water partition coefficient (Wildman–Crippen LogP) is 13.3. The Morgan fingerprint density at radius 2 is 0.833 bits per heavy atom. The Labute approximate surface area is 286 Å². The zero-order chi connectivity index (χ0) is 32.7. The molecular formula is C46H46O2. The number of benzene rings is 4. The van der Waals surface area contributed by atoms with Crippen LogP contribution in [0.4, 0.5) is 0 Å². The Kier molecular flexibility index (Phi) is 9.89. The molecule has 0 fully saturated rings. The Morgan fingerprint density at radius 3 is 1.21 bits per heavy atom. The zero-order valence-electron chi connectivity index (χ0n) is 28.4. The summed E-state index contributed by atoms with van der Waals surface area (Å²) < 4.78 is 13.2. The highest BCUT2D eigenvalue weighted by molar-refractivity contribution is 5.75. The molecule has 0 radical (unpaired) electrons. The van der Waals surface area contributed by atoms with Gasteiger partial charge in [0.2, 0.25) is 0 Å². The maximum atomic E-state index is 6.59. The Morgan fingerprint density at radius 1 is 0.458 bits per heavy atom. The number of aryl methyl sites for hydroxylation is 4. The average Bonchev–Trinajstić information content (AvgIpc) is 3.76. The van der Waals surface area contributed by atoms with Crippen LogP contribution in [0.1, 0.15) is 85.8 Å². The first kappa shape index (κ1) is 31.8. The second-order valence-electron chi connectivity index (χ2n) is 13.3. The average molecular weight is 631 g/mol. The second-order valence-corrected chi connectivity index (χ2v) is 13.3. The quantitative estimate of drug-likeness (QED) is 0.183. The van der Waals surface area contributed by atoms with Crippen molar-refractivity contribution in [3.8, 4) is 45.3 Å². The van der Waals surface area contributed by atoms with Crippen LogP contribution in [0.25, 0.3) is 57.4 Å². The summed E-state index contributed by atoms with van der Waals surface area (Å²) in [5, 5.41) is 0. The van der Waals surface area contributed by atoms with Gasteiger partial charge in [-0.2, -0.15) is 0 Å². The van der Waals surface area contributed by atoms with Crippen molar-refractivity contribution in [1.29, 1.82) is 0 Å². The Balaban J connectivity index is 1.21. The van der Waals surface area contributed by atoms with Crippen molar-refractivity contribution >= 4 is 12.2 Å². The van der Waals surface area contributed by atoms with Gasteiger partial charge in [0, 0.05) is 22.3 Å². The normalized spacial score (nSPS) is 13.5. The van der Waals surface area contributed by atoms with E-state index in [2.05, 4.69) is 135 Å². The van der Waals surface area contributed by atoms with Crippen molar-refractivity contribution in [3.05, 3.63) is 143 Å². The van der Waals surface area contributed by atoms with Gasteiger partial charge in [-0.15, -0.1) is 0 Å². The van der Waals surface area contributed by atoms with E-state index in [0.29, 0.717) is 0 Å². The van der Waals surface area contributed by atoms with Crippen LogP contribution in [-0.2, 0) is 25.7 Å². The van der Waals surface area contributed by atoms with Crippen LogP contribution in [0.5, 0.6) is 0 Å². The van der Waals surface area contributed by atoms with Crippen molar-refractivity contribution in [2.24, 2.45) is 0 Å². The molecular weight excluding hydrogens is 585 g/mol. The fraction of sp³-hybridized carbons (Fsp3) is 0.261. The van der Waals surface area contributed by atoms with E-state index in [4.69, 9.17) is 8.83 Å². The zero-order valence-corrected chi connectivity index (χ0v) is 28.4. The highest BCUT2D eigenvalue weighted by Crippen LogP contribution is 2.36. The highest BCUT2D eigenvalue weighted by Gasteiger charge is 2.16. The predicted molar refractivity (Wildman–Crippen MR) is 202 cm³/mol. The van der Waals surface area contributed by atoms with E-state index in [9.17, 15) is 0 Å². The summed E-state index contributed by atoms with van der Waals surface area (Å²) in [7, 11) is 0. The largest absolute Gasteiger partial charge is 0.456 e. The molecule has 242 valence electrons. The van der Waals surface area contributed by atoms with Gasteiger partial charge in [-0.3, -0.25) is 0 Å². The second kappa shape index (κ2) is 14.9. The Hall–Kier alpha value is -4.82. The van der Waals surface area contributed by atoms with E-state index in [1.54, 1.807) is 0 Å². The van der Waals surface area contributed by atoms with Crippen LogP contribution in [-0.4, -0.2) is 0 Å². The molecule has 48 heavy (non-hydrogen) atoms. The molecule has 0 amide bonds. The molecule has 2 heteroatoms. The summed E-state index contributed by atoms with van der Waals surface area (Å²) in [6, 6.07) is 40.0. The lowest BCUT2D eigenvalue weighted by Crippen LogP contribution is -1.91. The number of furan rings is 2. The number of hydrogen-bond donors (Lipinski definition) is 0. The third-order valence-electron chi connectivity index (χ3n) is 9.69. The van der Waals surface area contributed by atoms with Gasteiger partial charge in [0.05, 0.1) is 0 Å². The van der Waals surface area contributed by atoms with Crippen LogP contribution in [0.2, 0.25) is 0 Å². The Bertz CT molecular complexity index is 1800. The van der Waals surface area contributed by atoms with E-state index in [0.717, 1.165) is 108 Å². The number of rotatable bonds is 6. The van der Waals surface area contributed by atoms with Gasteiger partial charge >= 0.3 is 0 Å². The molecule has 2 aromatic heterocycles. The molecule has 2 nitrogen and oxygen atoms in total. The first-order valence-electron chi connectivity index (χ1n) is 18.0. The molecule has 0 atom stereocenters. The van der Waals surface area contributed by atoms with Gasteiger partial charge in [0.1, 0.15) is 23.0 Å². The molecule has 4 aromatic carbocycles. The van der Waals surface area contributed by atoms with Crippen molar-refractivity contribution in [2.45, 2.75) is 78.1 Å². The molecule has 9 heterocycles. The van der Waals surface area contributed by atoms with E-state index >= 15 is 0 Å². The fourth-order valence-electron chi connectivity index (χ4n) is 6.75. The minimum Gasteiger partial charge on any atom is -0.456 e. The first-order chi connectivity index (χ1) is 23.7. The summed E-state index contributed by atoms with van der Waals surface area (Å²) >= 11 is 0. The molecule has 6 aromatic rings. The molecule has 0 saturated heterocycles. The maximum absolute atomic E-state index is 6.59. The van der Waals surface area contributed by atoms with Gasteiger partial charge in [-0.1, -0.05) is 136 Å². The summed E-state index contributed by atoms with van der Waals surface area (Å²) in [4.78, 5) is 0. The molecule has 0 unspecified atom stereocenters. The summed E-state index contributed by atoms with van der Waals surface area (Å²) in [5.74, 6) is 3.89. The maximum Gasteiger partial charge on any atom is 0.137 e. The van der Waals surface area contributed by atoms with Crippen LogP contribution in [0, 0.1) is 0 Å². The van der Waals surface area contributed by atoms with Gasteiger partial charge in [0.15, 0.2) is 0 Å². The lowest BCUT2D eigenvalue weighted by atomic mass is 9.99. The molecule has 0 aliphatic carbocycles. The third-order valence-corrected chi connectivity index (χ3v) is 9.69. The standard InChI is InChI=1S/C46H46O2/c1-3-5-11-41-31-43-37-23-15-35(16-24-37)13-14-36-17-25-38(26-18-36)44-32-42(12-6-4-2)46(48-44)40-29-21-34(22-30-40)10-8-7-9-33-19-27-39(28-20-33)45(41)47-43/h13-32H,3-12H2,1-2H3/b14-13-. The molecule has 0 N–H and O–H groups in total. The third kappa shape index (κ3) is 7.34. The van der Waals surface area contributed by atoms with Crippen molar-refractivity contribution in [3.63, 3.8) is 0 Å². The van der Waals surface area contributed by atoms with Crippen molar-refractivity contribution in [2.75, 3.05) is 0 Å².